The number of aliphatic hydroxyl groups excluding tert-OH is 1. The van der Waals surface area contributed by atoms with Gasteiger partial charge >= 0.3 is 0 Å². The van der Waals surface area contributed by atoms with E-state index >= 15 is 0 Å². The molecule has 0 saturated carbocycles. The Morgan fingerprint density at radius 2 is 1.62 bits per heavy atom. The van der Waals surface area contributed by atoms with Crippen molar-refractivity contribution in [1.82, 2.24) is 0 Å². The van der Waals surface area contributed by atoms with Gasteiger partial charge in [-0.3, -0.25) is 0 Å². The van der Waals surface area contributed by atoms with Gasteiger partial charge in [0.05, 0.1) is 0 Å². The summed E-state index contributed by atoms with van der Waals surface area (Å²) in [6.45, 7) is 9.74. The summed E-state index contributed by atoms with van der Waals surface area (Å²) in [4.78, 5) is 5.09. The van der Waals surface area contributed by atoms with Gasteiger partial charge in [-0.2, -0.15) is 0 Å². The number of aryl methyl sites for hydroxylation is 1. The third-order valence-electron chi connectivity index (χ3n) is 9.49. The van der Waals surface area contributed by atoms with Crippen molar-refractivity contribution in [2.45, 2.75) is 83.0 Å². The Kier molecular flexibility index (Phi) is 6.31. The highest BCUT2D eigenvalue weighted by Gasteiger charge is 2.42. The molecule has 4 aliphatic rings. The summed E-state index contributed by atoms with van der Waals surface area (Å²) in [6.07, 6.45) is 18.7. The summed E-state index contributed by atoms with van der Waals surface area (Å²) < 4.78 is 0. The molecule has 0 saturated heterocycles. The van der Waals surface area contributed by atoms with Gasteiger partial charge in [-0.05, 0) is 66.0 Å². The van der Waals surface area contributed by atoms with Gasteiger partial charge in [0.2, 0.25) is 0 Å². The second-order valence-corrected chi connectivity index (χ2v) is 12.2. The molecule has 4 heterocycles. The Hall–Kier alpha value is -2.78. The van der Waals surface area contributed by atoms with Crippen molar-refractivity contribution in [1.29, 1.82) is 0 Å². The van der Waals surface area contributed by atoms with Crippen LogP contribution in [-0.4, -0.2) is 24.8 Å². The van der Waals surface area contributed by atoms with E-state index in [9.17, 15) is 5.11 Å². The lowest BCUT2D eigenvalue weighted by molar-refractivity contribution is 0.281. The summed E-state index contributed by atoms with van der Waals surface area (Å²) >= 11 is 0. The lowest BCUT2D eigenvalue weighted by Gasteiger charge is -2.40. The molecule has 0 amide bonds. The van der Waals surface area contributed by atoms with Crippen LogP contribution in [0.2, 0.25) is 0 Å². The van der Waals surface area contributed by atoms with E-state index in [1.165, 1.54) is 70.6 Å². The minimum Gasteiger partial charge on any atom is -0.396 e. The van der Waals surface area contributed by atoms with Crippen molar-refractivity contribution in [3.05, 3.63) is 94.4 Å². The van der Waals surface area contributed by atoms with E-state index < -0.39 is 0 Å². The molecule has 1 atom stereocenters. The average Bonchev–Trinajstić information content (AvgIpc) is 3.41. The largest absolute Gasteiger partial charge is 0.396 e. The molecule has 2 aromatic rings. The SMILES string of the molecule is CC1(C)C(=CC=CC2=CN3CCc4cccc(c43)C2(C)CCCCCCO)N2CCCc3cccc1c32. The van der Waals surface area contributed by atoms with Crippen LogP contribution in [0.25, 0.3) is 0 Å². The van der Waals surface area contributed by atoms with Crippen molar-refractivity contribution in [3.8, 4) is 0 Å². The van der Waals surface area contributed by atoms with Crippen LogP contribution in [-0.2, 0) is 23.7 Å². The van der Waals surface area contributed by atoms with Gasteiger partial charge in [-0.1, -0.05) is 88.6 Å². The van der Waals surface area contributed by atoms with E-state index in [-0.39, 0.29) is 10.8 Å². The smallest absolute Gasteiger partial charge is 0.0483 e. The molecule has 3 nitrogen and oxygen atoms in total. The molecular weight excluding hydrogens is 452 g/mol. The quantitative estimate of drug-likeness (QED) is 0.389. The Bertz CT molecular complexity index is 1280. The minimum atomic E-state index is 0.00680. The molecule has 0 aliphatic carbocycles. The van der Waals surface area contributed by atoms with Gasteiger partial charge in [-0.25, -0.2) is 0 Å². The van der Waals surface area contributed by atoms with Crippen LogP contribution in [0.3, 0.4) is 0 Å². The molecule has 1 unspecified atom stereocenters. The van der Waals surface area contributed by atoms with Gasteiger partial charge in [0.25, 0.3) is 0 Å². The van der Waals surface area contributed by atoms with Gasteiger partial charge in [-0.15, -0.1) is 0 Å². The van der Waals surface area contributed by atoms with Crippen molar-refractivity contribution in [2.75, 3.05) is 29.5 Å². The van der Waals surface area contributed by atoms with Gasteiger partial charge in [0.15, 0.2) is 0 Å². The zero-order chi connectivity index (χ0) is 25.6. The monoisotopic (exact) mass is 494 g/mol. The van der Waals surface area contributed by atoms with E-state index in [4.69, 9.17) is 0 Å². The van der Waals surface area contributed by atoms with Crippen LogP contribution in [0.5, 0.6) is 0 Å². The van der Waals surface area contributed by atoms with E-state index in [1.807, 2.05) is 0 Å². The second-order valence-electron chi connectivity index (χ2n) is 12.2. The van der Waals surface area contributed by atoms with Gasteiger partial charge < -0.3 is 14.9 Å². The number of hydrogen-bond acceptors (Lipinski definition) is 3. The zero-order valence-corrected chi connectivity index (χ0v) is 22.9. The fourth-order valence-corrected chi connectivity index (χ4v) is 7.39. The molecular formula is C34H42N2O. The van der Waals surface area contributed by atoms with Crippen LogP contribution >= 0.6 is 0 Å². The molecule has 3 heteroatoms. The van der Waals surface area contributed by atoms with Gasteiger partial charge in [0.1, 0.15) is 0 Å². The average molecular weight is 495 g/mol. The summed E-state index contributed by atoms with van der Waals surface area (Å²) in [6, 6.07) is 13.9. The first-order valence-corrected chi connectivity index (χ1v) is 14.5. The predicted octanol–water partition coefficient (Wildman–Crippen LogP) is 7.33. The Morgan fingerprint density at radius 3 is 2.43 bits per heavy atom. The number of allylic oxidation sites excluding steroid dienone is 5. The predicted molar refractivity (Wildman–Crippen MR) is 155 cm³/mol. The summed E-state index contributed by atoms with van der Waals surface area (Å²) in [5.41, 5.74) is 11.8. The van der Waals surface area contributed by atoms with Gasteiger partial charge in [0, 0.05) is 53.8 Å². The van der Waals surface area contributed by atoms with Crippen molar-refractivity contribution in [3.63, 3.8) is 0 Å². The zero-order valence-electron chi connectivity index (χ0n) is 22.9. The Balaban J connectivity index is 1.33. The Labute approximate surface area is 223 Å². The number of aliphatic hydroxyl groups is 1. The van der Waals surface area contributed by atoms with Crippen LogP contribution in [0, 0.1) is 0 Å². The lowest BCUT2D eigenvalue weighted by Crippen LogP contribution is -2.33. The highest BCUT2D eigenvalue weighted by Crippen LogP contribution is 2.52. The molecule has 2 aromatic carbocycles. The number of benzene rings is 2. The molecule has 0 bridgehead atoms. The first-order chi connectivity index (χ1) is 17.9. The summed E-state index contributed by atoms with van der Waals surface area (Å²) in [7, 11) is 0. The topological polar surface area (TPSA) is 26.7 Å². The fraction of sp³-hybridized carbons (Fsp3) is 0.471. The number of nitrogens with zero attached hydrogens (tertiary/aromatic N) is 2. The van der Waals surface area contributed by atoms with Crippen LogP contribution in [0.4, 0.5) is 11.4 Å². The van der Waals surface area contributed by atoms with Crippen molar-refractivity contribution >= 4 is 11.4 Å². The number of hydrogen-bond donors (Lipinski definition) is 1. The molecule has 0 fully saturated rings. The lowest BCUT2D eigenvalue weighted by atomic mass is 9.69. The van der Waals surface area contributed by atoms with Crippen LogP contribution < -0.4 is 9.80 Å². The first-order valence-electron chi connectivity index (χ1n) is 14.5. The highest BCUT2D eigenvalue weighted by atomic mass is 16.2. The standard InChI is InChI=1S/C34H42N2O/c1-33(2)28-16-8-12-25-14-11-21-36(32(25)28)30(33)18-10-15-27-24-35-22-19-26-13-9-17-29(31(26)35)34(27,3)20-6-4-5-7-23-37/h8-10,12-13,15-18,24,37H,4-7,11,14,19-23H2,1-3H3. The fourth-order valence-electron chi connectivity index (χ4n) is 7.39. The third-order valence-corrected chi connectivity index (χ3v) is 9.49. The highest BCUT2D eigenvalue weighted by molar-refractivity contribution is 5.75. The number of rotatable bonds is 8. The van der Waals surface area contributed by atoms with Crippen LogP contribution in [0.1, 0.15) is 81.5 Å². The maximum absolute atomic E-state index is 9.21. The second kappa shape index (κ2) is 9.51. The van der Waals surface area contributed by atoms with Crippen LogP contribution in [0.15, 0.2) is 72.1 Å². The molecule has 194 valence electrons. The first kappa shape index (κ1) is 24.6. The normalized spacial score (nSPS) is 24.1. The Morgan fingerprint density at radius 1 is 0.865 bits per heavy atom. The molecule has 0 radical (unpaired) electrons. The minimum absolute atomic E-state index is 0.00680. The summed E-state index contributed by atoms with van der Waals surface area (Å²) in [5.74, 6) is 0. The molecule has 0 spiro atoms. The summed E-state index contributed by atoms with van der Waals surface area (Å²) in [5, 5.41) is 9.21. The number of unbranched alkanes of at least 4 members (excludes halogenated alkanes) is 3. The molecule has 37 heavy (non-hydrogen) atoms. The third kappa shape index (κ3) is 3.98. The maximum atomic E-state index is 9.21. The van der Waals surface area contributed by atoms with Crippen molar-refractivity contribution in [2.24, 2.45) is 0 Å². The van der Waals surface area contributed by atoms with E-state index in [0.29, 0.717) is 6.61 Å². The number of anilines is 2. The van der Waals surface area contributed by atoms with Crippen molar-refractivity contribution < 1.29 is 5.11 Å². The maximum Gasteiger partial charge on any atom is 0.0483 e. The van der Waals surface area contributed by atoms with E-state index in [2.05, 4.69) is 91.4 Å². The molecule has 1 N–H and O–H groups in total. The molecule has 4 aliphatic heterocycles. The van der Waals surface area contributed by atoms with E-state index in [1.54, 1.807) is 0 Å². The number of para-hydroxylation sites is 2. The van der Waals surface area contributed by atoms with E-state index in [0.717, 1.165) is 38.8 Å². The molecule has 6 rings (SSSR count). The molecule has 0 aromatic heterocycles.